The van der Waals surface area contributed by atoms with Crippen LogP contribution in [0.3, 0.4) is 0 Å². The molecule has 0 aliphatic heterocycles. The zero-order valence-electron chi connectivity index (χ0n) is 24.8. The van der Waals surface area contributed by atoms with Crippen LogP contribution in [0.2, 0.25) is 0 Å². The first kappa shape index (κ1) is 33.5. The molecule has 5 rings (SSSR count). The van der Waals surface area contributed by atoms with E-state index in [1.54, 1.807) is 4.31 Å². The van der Waals surface area contributed by atoms with Crippen molar-refractivity contribution < 1.29 is 40.0 Å². The van der Waals surface area contributed by atoms with Crippen molar-refractivity contribution in [3.8, 4) is 28.5 Å². The Kier molecular flexibility index (Phi) is 9.87. The summed E-state index contributed by atoms with van der Waals surface area (Å²) in [6.45, 7) is 1.86. The fraction of sp³-hybridized carbons (Fsp3) is 0.147. The third-order valence-corrected chi connectivity index (χ3v) is 8.66. The summed E-state index contributed by atoms with van der Waals surface area (Å²) in [5, 5.41) is 0. The lowest BCUT2D eigenvalue weighted by Crippen LogP contribution is -2.29. The van der Waals surface area contributed by atoms with Crippen LogP contribution in [0.5, 0.6) is 17.2 Å². The molecule has 1 unspecified atom stereocenters. The van der Waals surface area contributed by atoms with Crippen molar-refractivity contribution in [3.05, 3.63) is 141 Å². The predicted molar refractivity (Wildman–Crippen MR) is 164 cm³/mol. The molecule has 1 N–H and O–H groups in total. The van der Waals surface area contributed by atoms with Crippen molar-refractivity contribution in [2.75, 3.05) is 7.11 Å². The summed E-state index contributed by atoms with van der Waals surface area (Å²) in [6, 6.07) is 21.7. The van der Waals surface area contributed by atoms with Gasteiger partial charge in [-0.15, -0.1) is 0 Å². The lowest BCUT2D eigenvalue weighted by molar-refractivity contribution is -0.140. The molecule has 0 radical (unpaired) electrons. The first-order valence-electron chi connectivity index (χ1n) is 14.0. The molecule has 13 heteroatoms. The first-order valence-corrected chi connectivity index (χ1v) is 15.1. The van der Waals surface area contributed by atoms with E-state index in [1.165, 1.54) is 6.92 Å². The maximum Gasteiger partial charge on any atom is 0.419 e. The second kappa shape index (κ2) is 13.9. The van der Waals surface area contributed by atoms with E-state index in [0.29, 0.717) is 18.2 Å². The van der Waals surface area contributed by atoms with E-state index < -0.39 is 62.9 Å². The van der Waals surface area contributed by atoms with E-state index >= 15 is 0 Å². The van der Waals surface area contributed by atoms with Gasteiger partial charge < -0.3 is 14.5 Å². The average Bonchev–Trinajstić information content (AvgIpc) is 3.03. The number of H-pyrrole nitrogens is 1. The van der Waals surface area contributed by atoms with E-state index in [9.17, 15) is 35.3 Å². The van der Waals surface area contributed by atoms with Crippen molar-refractivity contribution in [1.82, 2.24) is 9.29 Å². The molecule has 0 aliphatic carbocycles. The standard InChI is InChI=1S/C34H26F6N2O4S/c1-20-33(47(44)42(18-21-9-5-3-6-10-21)19-22-11-7-4-8-12-22)28(43)17-27(41-20)23-15-26(36)24(34(38,39)40)16-30(23)46-29-14-13-25(35)31(37)32(29)45-2/h3-17H,18-19H2,1-2H3,(H,41,43). The summed E-state index contributed by atoms with van der Waals surface area (Å²) < 4.78 is 110. The van der Waals surface area contributed by atoms with E-state index in [0.717, 1.165) is 30.4 Å². The number of benzene rings is 4. The zero-order chi connectivity index (χ0) is 33.9. The summed E-state index contributed by atoms with van der Waals surface area (Å²) in [7, 11) is -1.04. The molecule has 1 aromatic heterocycles. The van der Waals surface area contributed by atoms with Crippen LogP contribution in [-0.4, -0.2) is 20.6 Å². The van der Waals surface area contributed by atoms with Gasteiger partial charge in [0.15, 0.2) is 17.0 Å². The Morgan fingerprint density at radius 3 is 1.94 bits per heavy atom. The summed E-state index contributed by atoms with van der Waals surface area (Å²) in [5.74, 6) is -6.36. The number of rotatable bonds is 10. The van der Waals surface area contributed by atoms with E-state index in [4.69, 9.17) is 9.47 Å². The fourth-order valence-electron chi connectivity index (χ4n) is 4.88. The number of nitrogens with zero attached hydrogens (tertiary/aromatic N) is 1. The maximum atomic E-state index is 14.9. The Morgan fingerprint density at radius 2 is 1.40 bits per heavy atom. The van der Waals surface area contributed by atoms with Crippen LogP contribution in [0.25, 0.3) is 11.3 Å². The lowest BCUT2D eigenvalue weighted by atomic mass is 10.0. The maximum absolute atomic E-state index is 14.9. The molecule has 6 nitrogen and oxygen atoms in total. The van der Waals surface area contributed by atoms with Crippen LogP contribution in [0.15, 0.2) is 101 Å². The number of alkyl halides is 3. The van der Waals surface area contributed by atoms with E-state index in [1.807, 2.05) is 60.7 Å². The minimum absolute atomic E-state index is 0.0913. The predicted octanol–water partition coefficient (Wildman–Crippen LogP) is 8.31. The smallest absolute Gasteiger partial charge is 0.419 e. The van der Waals surface area contributed by atoms with Gasteiger partial charge in [0.2, 0.25) is 11.6 Å². The molecule has 5 aromatic rings. The molecule has 244 valence electrons. The topological polar surface area (TPSA) is 71.6 Å². The van der Waals surface area contributed by atoms with Gasteiger partial charge in [-0.3, -0.25) is 4.79 Å². The quantitative estimate of drug-likeness (QED) is 0.152. The molecule has 1 heterocycles. The number of pyridine rings is 1. The first-order chi connectivity index (χ1) is 22.4. The minimum Gasteiger partial charge on any atom is -0.490 e. The van der Waals surface area contributed by atoms with Crippen molar-refractivity contribution >= 4 is 11.0 Å². The minimum atomic E-state index is -5.15. The molecule has 0 bridgehead atoms. The summed E-state index contributed by atoms with van der Waals surface area (Å²) in [6.07, 6.45) is -5.15. The number of nitrogens with one attached hydrogen (secondary N) is 1. The lowest BCUT2D eigenvalue weighted by Gasteiger charge is -2.22. The molecule has 0 saturated carbocycles. The number of aromatic amines is 1. The van der Waals surface area contributed by atoms with Gasteiger partial charge in [-0.05, 0) is 42.3 Å². The molecular weight excluding hydrogens is 646 g/mol. The van der Waals surface area contributed by atoms with Gasteiger partial charge in [0.25, 0.3) is 0 Å². The van der Waals surface area contributed by atoms with Gasteiger partial charge in [-0.25, -0.2) is 17.3 Å². The molecule has 0 aliphatic rings. The number of halogens is 6. The highest BCUT2D eigenvalue weighted by Crippen LogP contribution is 2.43. The highest BCUT2D eigenvalue weighted by molar-refractivity contribution is 7.82. The Bertz CT molecular complexity index is 1940. The highest BCUT2D eigenvalue weighted by Gasteiger charge is 2.36. The number of aromatic nitrogens is 1. The van der Waals surface area contributed by atoms with Crippen LogP contribution in [0, 0.1) is 24.4 Å². The van der Waals surface area contributed by atoms with Crippen molar-refractivity contribution in [2.45, 2.75) is 31.1 Å². The molecule has 0 fully saturated rings. The Hall–Kier alpha value is -4.88. The molecule has 0 amide bonds. The molecule has 4 aromatic carbocycles. The SMILES string of the molecule is COc1c(Oc2cc(C(F)(F)F)c(F)cc2-c2cc(=O)c(S(=O)N(Cc3ccccc3)Cc3ccccc3)c(C)[nH]2)ccc(F)c1F. The summed E-state index contributed by atoms with van der Waals surface area (Å²) in [5.41, 5.74) is -1.24. The number of hydrogen-bond donors (Lipinski definition) is 1. The Morgan fingerprint density at radius 1 is 0.809 bits per heavy atom. The normalized spacial score (nSPS) is 12.3. The van der Waals surface area contributed by atoms with E-state index in [2.05, 4.69) is 4.98 Å². The number of aryl methyl sites for hydroxylation is 1. The third kappa shape index (κ3) is 7.42. The Balaban J connectivity index is 1.59. The summed E-state index contributed by atoms with van der Waals surface area (Å²) >= 11 is 0. The van der Waals surface area contributed by atoms with Gasteiger partial charge in [-0.1, -0.05) is 60.7 Å². The van der Waals surface area contributed by atoms with Gasteiger partial charge in [0.1, 0.15) is 27.4 Å². The molecule has 0 saturated heterocycles. The average molecular weight is 673 g/mol. The number of methoxy groups -OCH3 is 1. The van der Waals surface area contributed by atoms with Gasteiger partial charge in [-0.2, -0.15) is 17.6 Å². The second-order valence-corrected chi connectivity index (χ2v) is 11.8. The number of ether oxygens (including phenoxy) is 2. The highest BCUT2D eigenvalue weighted by atomic mass is 32.2. The van der Waals surface area contributed by atoms with Crippen molar-refractivity contribution in [3.63, 3.8) is 0 Å². The van der Waals surface area contributed by atoms with Crippen molar-refractivity contribution in [1.29, 1.82) is 0 Å². The van der Waals surface area contributed by atoms with Crippen LogP contribution in [-0.2, 0) is 30.3 Å². The largest absolute Gasteiger partial charge is 0.490 e. The molecular formula is C34H26F6N2O4S. The molecule has 1 atom stereocenters. The monoisotopic (exact) mass is 672 g/mol. The van der Waals surface area contributed by atoms with Gasteiger partial charge >= 0.3 is 6.18 Å². The van der Waals surface area contributed by atoms with Crippen LogP contribution in [0.1, 0.15) is 22.4 Å². The zero-order valence-corrected chi connectivity index (χ0v) is 25.6. The molecule has 0 spiro atoms. The second-order valence-electron chi connectivity index (χ2n) is 10.3. The van der Waals surface area contributed by atoms with Crippen LogP contribution >= 0.6 is 0 Å². The van der Waals surface area contributed by atoms with Gasteiger partial charge in [0, 0.05) is 30.4 Å². The third-order valence-electron chi connectivity index (χ3n) is 7.08. The summed E-state index contributed by atoms with van der Waals surface area (Å²) in [4.78, 5) is 16.3. The van der Waals surface area contributed by atoms with E-state index in [-0.39, 0.29) is 34.9 Å². The van der Waals surface area contributed by atoms with Gasteiger partial charge in [0.05, 0.1) is 18.4 Å². The fourth-order valence-corrected chi connectivity index (χ4v) is 6.22. The Labute approximate surface area is 267 Å². The van der Waals surface area contributed by atoms with Crippen molar-refractivity contribution in [2.24, 2.45) is 0 Å². The van der Waals surface area contributed by atoms with Crippen LogP contribution < -0.4 is 14.9 Å². The van der Waals surface area contributed by atoms with Crippen LogP contribution in [0.4, 0.5) is 26.3 Å². The molecule has 47 heavy (non-hydrogen) atoms. The number of hydrogen-bond acceptors (Lipinski definition) is 4.